The highest BCUT2D eigenvalue weighted by atomic mass is 79.9. The Morgan fingerprint density at radius 3 is 2.56 bits per heavy atom. The fraction of sp³-hybridized carbons (Fsp3) is 0.111. The Balaban J connectivity index is 1.59. The summed E-state index contributed by atoms with van der Waals surface area (Å²) in [6.07, 6.45) is 0. The van der Waals surface area contributed by atoms with E-state index in [9.17, 15) is 9.59 Å². The van der Waals surface area contributed by atoms with Gasteiger partial charge in [-0.3, -0.25) is 9.59 Å². The van der Waals surface area contributed by atoms with E-state index in [4.69, 9.17) is 4.42 Å². The van der Waals surface area contributed by atoms with Crippen molar-refractivity contribution in [2.45, 2.75) is 12.1 Å². The topological polar surface area (TPSA) is 97.1 Å². The maximum Gasteiger partial charge on any atom is 0.277 e. The van der Waals surface area contributed by atoms with Gasteiger partial charge in [0, 0.05) is 28.3 Å². The molecule has 0 unspecified atom stereocenters. The van der Waals surface area contributed by atoms with E-state index in [-0.39, 0.29) is 17.6 Å². The van der Waals surface area contributed by atoms with Crippen molar-refractivity contribution in [2.75, 3.05) is 16.4 Å². The molecule has 27 heavy (non-hydrogen) atoms. The Morgan fingerprint density at radius 1 is 1.07 bits per heavy atom. The van der Waals surface area contributed by atoms with Gasteiger partial charge in [0.05, 0.1) is 5.75 Å². The molecule has 0 radical (unpaired) electrons. The quantitative estimate of drug-likeness (QED) is 0.550. The summed E-state index contributed by atoms with van der Waals surface area (Å²) in [5, 5.41) is 13.7. The molecule has 1 heterocycles. The maximum atomic E-state index is 12.0. The number of thioether (sulfide) groups is 1. The second-order valence-corrected chi connectivity index (χ2v) is 7.32. The van der Waals surface area contributed by atoms with Gasteiger partial charge in [0.2, 0.25) is 17.7 Å². The van der Waals surface area contributed by atoms with Crippen molar-refractivity contribution in [2.24, 2.45) is 0 Å². The molecule has 138 valence electrons. The van der Waals surface area contributed by atoms with E-state index >= 15 is 0 Å². The average molecular weight is 447 g/mol. The third-order valence-corrected chi connectivity index (χ3v) is 4.58. The average Bonchev–Trinajstić information content (AvgIpc) is 3.09. The number of aromatic nitrogens is 2. The van der Waals surface area contributed by atoms with E-state index in [1.165, 1.54) is 6.92 Å². The van der Waals surface area contributed by atoms with Crippen LogP contribution in [0.25, 0.3) is 11.5 Å². The monoisotopic (exact) mass is 446 g/mol. The Bertz CT molecular complexity index is 977. The molecule has 0 aliphatic rings. The number of anilines is 2. The number of nitrogens with zero attached hydrogens (tertiary/aromatic N) is 2. The number of hydrogen-bond acceptors (Lipinski definition) is 6. The number of hydrogen-bond donors (Lipinski definition) is 2. The van der Waals surface area contributed by atoms with Gasteiger partial charge in [0.15, 0.2) is 0 Å². The maximum absolute atomic E-state index is 12.0. The minimum absolute atomic E-state index is 0.139. The van der Waals surface area contributed by atoms with Crippen LogP contribution in [-0.2, 0) is 9.59 Å². The van der Waals surface area contributed by atoms with Crippen LogP contribution in [0.1, 0.15) is 6.92 Å². The Hall–Kier alpha value is -2.65. The highest BCUT2D eigenvalue weighted by molar-refractivity contribution is 9.10. The SMILES string of the molecule is CC(=O)Nc1cccc(-c2nnc(SCC(=O)Nc3cccc(Br)c3)o2)c1. The van der Waals surface area contributed by atoms with Crippen LogP contribution in [0, 0.1) is 0 Å². The Labute approximate surface area is 168 Å². The summed E-state index contributed by atoms with van der Waals surface area (Å²) in [6.45, 7) is 1.44. The van der Waals surface area contributed by atoms with Crippen LogP contribution >= 0.6 is 27.7 Å². The molecule has 1 aromatic heterocycles. The summed E-state index contributed by atoms with van der Waals surface area (Å²) in [7, 11) is 0. The molecule has 2 aromatic carbocycles. The predicted molar refractivity (Wildman–Crippen MR) is 108 cm³/mol. The van der Waals surface area contributed by atoms with Gasteiger partial charge in [-0.25, -0.2) is 0 Å². The standard InChI is InChI=1S/C18H15BrN4O3S/c1-11(24)20-14-6-2-4-12(8-14)17-22-23-18(26-17)27-10-16(25)21-15-7-3-5-13(19)9-15/h2-9H,10H2,1H3,(H,20,24)(H,21,25). The minimum atomic E-state index is -0.175. The largest absolute Gasteiger partial charge is 0.411 e. The van der Waals surface area contributed by atoms with Crippen LogP contribution in [0.3, 0.4) is 0 Å². The highest BCUT2D eigenvalue weighted by Gasteiger charge is 2.12. The van der Waals surface area contributed by atoms with Crippen molar-refractivity contribution < 1.29 is 14.0 Å². The first-order valence-electron chi connectivity index (χ1n) is 7.89. The van der Waals surface area contributed by atoms with Gasteiger partial charge in [-0.15, -0.1) is 10.2 Å². The molecule has 2 N–H and O–H groups in total. The first-order chi connectivity index (χ1) is 13.0. The molecular formula is C18H15BrN4O3S. The van der Waals surface area contributed by atoms with Crippen molar-refractivity contribution in [1.29, 1.82) is 0 Å². The van der Waals surface area contributed by atoms with Gasteiger partial charge in [0.25, 0.3) is 5.22 Å². The fourth-order valence-electron chi connectivity index (χ4n) is 2.21. The molecule has 0 saturated heterocycles. The summed E-state index contributed by atoms with van der Waals surface area (Å²) >= 11 is 4.51. The van der Waals surface area contributed by atoms with E-state index in [2.05, 4.69) is 36.8 Å². The molecule has 0 aliphatic heterocycles. The number of carbonyl (C=O) groups is 2. The lowest BCUT2D eigenvalue weighted by Crippen LogP contribution is -2.13. The number of nitrogens with one attached hydrogen (secondary N) is 2. The molecule has 0 saturated carbocycles. The molecular weight excluding hydrogens is 432 g/mol. The summed E-state index contributed by atoms with van der Waals surface area (Å²) < 4.78 is 6.48. The van der Waals surface area contributed by atoms with E-state index in [0.717, 1.165) is 16.2 Å². The van der Waals surface area contributed by atoms with Crippen molar-refractivity contribution in [1.82, 2.24) is 10.2 Å². The lowest BCUT2D eigenvalue weighted by Gasteiger charge is -2.04. The summed E-state index contributed by atoms with van der Waals surface area (Å²) in [5.74, 6) is 0.119. The summed E-state index contributed by atoms with van der Waals surface area (Å²) in [5.41, 5.74) is 2.02. The molecule has 0 spiro atoms. The van der Waals surface area contributed by atoms with Gasteiger partial charge < -0.3 is 15.1 Å². The first-order valence-corrected chi connectivity index (χ1v) is 9.67. The van der Waals surface area contributed by atoms with Crippen molar-refractivity contribution in [3.05, 3.63) is 53.0 Å². The van der Waals surface area contributed by atoms with Gasteiger partial charge >= 0.3 is 0 Å². The van der Waals surface area contributed by atoms with E-state index < -0.39 is 0 Å². The predicted octanol–water partition coefficient (Wildman–Crippen LogP) is 4.19. The lowest BCUT2D eigenvalue weighted by atomic mass is 10.2. The summed E-state index contributed by atoms with van der Waals surface area (Å²) in [4.78, 5) is 23.2. The van der Waals surface area contributed by atoms with Crippen LogP contribution in [0.15, 0.2) is 62.6 Å². The zero-order chi connectivity index (χ0) is 19.2. The molecule has 0 aliphatic carbocycles. The van der Waals surface area contributed by atoms with Gasteiger partial charge in [-0.05, 0) is 36.4 Å². The molecule has 3 rings (SSSR count). The van der Waals surface area contributed by atoms with Crippen LogP contribution in [0.5, 0.6) is 0 Å². The Kier molecular flexibility index (Phi) is 6.25. The fourth-order valence-corrected chi connectivity index (χ4v) is 3.17. The molecule has 9 heteroatoms. The van der Waals surface area contributed by atoms with E-state index in [0.29, 0.717) is 28.1 Å². The zero-order valence-corrected chi connectivity index (χ0v) is 16.6. The molecule has 2 amide bonds. The van der Waals surface area contributed by atoms with Gasteiger partial charge in [0.1, 0.15) is 0 Å². The number of amides is 2. The van der Waals surface area contributed by atoms with Gasteiger partial charge in [-0.2, -0.15) is 0 Å². The second-order valence-electron chi connectivity index (χ2n) is 5.48. The molecule has 7 nitrogen and oxygen atoms in total. The van der Waals surface area contributed by atoms with Crippen molar-refractivity contribution in [3.8, 4) is 11.5 Å². The highest BCUT2D eigenvalue weighted by Crippen LogP contribution is 2.25. The number of carbonyl (C=O) groups excluding carboxylic acids is 2. The first kappa shape index (κ1) is 19.1. The summed E-state index contributed by atoms with van der Waals surface area (Å²) in [6, 6.07) is 14.4. The molecule has 0 atom stereocenters. The van der Waals surface area contributed by atoms with E-state index in [1.807, 2.05) is 18.2 Å². The van der Waals surface area contributed by atoms with Crippen LogP contribution in [0.4, 0.5) is 11.4 Å². The second kappa shape index (κ2) is 8.83. The molecule has 0 fully saturated rings. The van der Waals surface area contributed by atoms with Crippen LogP contribution in [-0.4, -0.2) is 27.8 Å². The number of rotatable bonds is 6. The minimum Gasteiger partial charge on any atom is -0.411 e. The van der Waals surface area contributed by atoms with Crippen LogP contribution < -0.4 is 10.6 Å². The number of benzene rings is 2. The van der Waals surface area contributed by atoms with Gasteiger partial charge in [-0.1, -0.05) is 39.8 Å². The third-order valence-electron chi connectivity index (χ3n) is 3.27. The smallest absolute Gasteiger partial charge is 0.277 e. The molecule has 3 aromatic rings. The lowest BCUT2D eigenvalue weighted by molar-refractivity contribution is -0.114. The van der Waals surface area contributed by atoms with E-state index in [1.54, 1.807) is 30.3 Å². The Morgan fingerprint density at radius 2 is 1.81 bits per heavy atom. The zero-order valence-electron chi connectivity index (χ0n) is 14.2. The van der Waals surface area contributed by atoms with Crippen molar-refractivity contribution in [3.63, 3.8) is 0 Å². The molecule has 0 bridgehead atoms. The number of halogens is 1. The third kappa shape index (κ3) is 5.66. The normalized spacial score (nSPS) is 10.4. The van der Waals surface area contributed by atoms with Crippen LogP contribution in [0.2, 0.25) is 0 Å². The van der Waals surface area contributed by atoms with Crippen molar-refractivity contribution >= 4 is 50.9 Å².